The summed E-state index contributed by atoms with van der Waals surface area (Å²) in [7, 11) is 0.756. The van der Waals surface area contributed by atoms with Crippen LogP contribution in [0.1, 0.15) is 55.1 Å². The summed E-state index contributed by atoms with van der Waals surface area (Å²) in [6.07, 6.45) is 0. The van der Waals surface area contributed by atoms with Gasteiger partial charge in [-0.25, -0.2) is 8.42 Å². The zero-order chi connectivity index (χ0) is 23.8. The van der Waals surface area contributed by atoms with Crippen molar-refractivity contribution in [2.24, 2.45) is 0 Å². The molecule has 0 bridgehead atoms. The Hall–Kier alpha value is -1.56. The molecule has 0 aliphatic rings. The van der Waals surface area contributed by atoms with Crippen LogP contribution >= 0.6 is 9.69 Å². The first-order valence-electron chi connectivity index (χ1n) is 10.1. The zero-order valence-electron chi connectivity index (χ0n) is 19.3. The van der Waals surface area contributed by atoms with Gasteiger partial charge in [-0.1, -0.05) is 117 Å². The van der Waals surface area contributed by atoms with Crippen molar-refractivity contribution in [3.05, 3.63) is 125 Å². The van der Waals surface area contributed by atoms with Crippen molar-refractivity contribution in [3.63, 3.8) is 0 Å². The minimum atomic E-state index is -3.81. The molecule has 7 heteroatoms. The summed E-state index contributed by atoms with van der Waals surface area (Å²) in [6.45, 7) is 6.20. The van der Waals surface area contributed by atoms with Crippen LogP contribution in [0.5, 0.6) is 0 Å². The predicted octanol–water partition coefficient (Wildman–Crippen LogP) is 7.86. The van der Waals surface area contributed by atoms with Gasteiger partial charge in [-0.05, 0) is 16.5 Å². The van der Waals surface area contributed by atoms with Gasteiger partial charge in [0.15, 0.2) is 0 Å². The number of halogens is 1. The summed E-state index contributed by atoms with van der Waals surface area (Å²) in [6, 6.07) is 24.5. The van der Waals surface area contributed by atoms with Crippen LogP contribution < -0.4 is 0 Å². The van der Waals surface area contributed by atoms with Gasteiger partial charge in [0.25, 0.3) is 0 Å². The monoisotopic (exact) mass is 572 g/mol. The van der Waals surface area contributed by atoms with Crippen LogP contribution in [0.15, 0.2) is 84.9 Å². The summed E-state index contributed by atoms with van der Waals surface area (Å²) in [5.41, 5.74) is 11.8. The molecule has 33 heavy (non-hydrogen) atoms. The predicted molar refractivity (Wildman–Crippen MR) is 136 cm³/mol. The number of rotatable bonds is 7. The van der Waals surface area contributed by atoms with Gasteiger partial charge >= 0.3 is 27.0 Å². The molecule has 2 unspecified atom stereocenters. The first-order valence-corrected chi connectivity index (χ1v) is 14.0. The normalized spacial score (nSPS) is 13.1. The molecular formula is C26H31ClN2O2RuS. The van der Waals surface area contributed by atoms with Gasteiger partial charge in [0.2, 0.25) is 0 Å². The molecule has 1 N–H and O–H groups in total. The van der Waals surface area contributed by atoms with Gasteiger partial charge in [-0.3, -0.25) is 0 Å². The van der Waals surface area contributed by atoms with Crippen LogP contribution in [0.25, 0.3) is 10.5 Å². The molecule has 2 atom stereocenters. The van der Waals surface area contributed by atoms with E-state index in [1.54, 1.807) is 0 Å². The molecule has 3 rings (SSSR count). The number of sulfonamides is 1. The molecule has 0 saturated heterocycles. The van der Waals surface area contributed by atoms with E-state index in [4.69, 9.17) is 5.73 Å². The Labute approximate surface area is 213 Å². The molecule has 0 heterocycles. The fourth-order valence-corrected chi connectivity index (χ4v) is 4.90. The molecule has 0 fully saturated rings. The standard InChI is InChI=1S/C25H28N2O2S.CH3.ClH.Ru/c1-25(2,3)22-17-11-10-16-21(22)18-30(28,29)27-24(20-14-8-5-9-15-20)23(26)19-12-6-4-7-13-19;;;/h4-17,23-24,26H,18H2,1-3H3;1H3;1H;/q-2;-1;;+4/p-1. The second-order valence-corrected chi connectivity index (χ2v) is 10.1. The number of hydrogen-bond acceptors (Lipinski definition) is 2. The van der Waals surface area contributed by atoms with E-state index in [2.05, 4.69) is 35.2 Å². The second kappa shape index (κ2) is 13.4. The third-order valence-corrected chi connectivity index (χ3v) is 6.28. The van der Waals surface area contributed by atoms with Crippen molar-refractivity contribution >= 4 is 19.7 Å². The van der Waals surface area contributed by atoms with E-state index in [9.17, 15) is 8.42 Å². The Bertz CT molecular complexity index is 1070. The topological polar surface area (TPSA) is 72.0 Å². The number of nitrogens with zero attached hydrogens (tertiary/aromatic N) is 1. The molecule has 0 radical (unpaired) electrons. The summed E-state index contributed by atoms with van der Waals surface area (Å²) >= 11 is 1.82. The maximum absolute atomic E-state index is 13.1. The summed E-state index contributed by atoms with van der Waals surface area (Å²) in [5.74, 6) is -0.175. The van der Waals surface area contributed by atoms with Crippen molar-refractivity contribution < 1.29 is 25.7 Å². The molecule has 4 nitrogen and oxygen atoms in total. The summed E-state index contributed by atoms with van der Waals surface area (Å²) in [5, 5.41) is 0. The quantitative estimate of drug-likeness (QED) is 0.214. The van der Waals surface area contributed by atoms with E-state index in [1.165, 1.54) is 0 Å². The Balaban J connectivity index is 0.00000177. The molecule has 0 saturated carbocycles. The molecule has 0 amide bonds. The molecule has 0 spiro atoms. The van der Waals surface area contributed by atoms with Crippen molar-refractivity contribution in [2.45, 2.75) is 44.0 Å². The average Bonchev–Trinajstić information content (AvgIpc) is 2.79. The van der Waals surface area contributed by atoms with Crippen LogP contribution in [-0.2, 0) is 38.5 Å². The average molecular weight is 572 g/mol. The van der Waals surface area contributed by atoms with Crippen molar-refractivity contribution in [3.8, 4) is 0 Å². The van der Waals surface area contributed by atoms with Gasteiger partial charge in [-0.15, -0.1) is 12.1 Å². The van der Waals surface area contributed by atoms with Gasteiger partial charge in [-0.2, -0.15) is 0 Å². The van der Waals surface area contributed by atoms with Crippen molar-refractivity contribution in [1.29, 1.82) is 0 Å². The molecule has 0 aliphatic heterocycles. The molecule has 178 valence electrons. The first-order chi connectivity index (χ1) is 15.2. The zero-order valence-corrected chi connectivity index (χ0v) is 22.7. The Morgan fingerprint density at radius 3 is 1.82 bits per heavy atom. The van der Waals surface area contributed by atoms with E-state index in [0.29, 0.717) is 5.56 Å². The fourth-order valence-electron chi connectivity index (χ4n) is 3.59. The molecular weight excluding hydrogens is 541 g/mol. The molecule has 0 aromatic heterocycles. The van der Waals surface area contributed by atoms with Gasteiger partial charge in [0.05, 0.1) is 15.8 Å². The van der Waals surface area contributed by atoms with Crippen molar-refractivity contribution in [1.82, 2.24) is 0 Å². The van der Waals surface area contributed by atoms with Crippen LogP contribution in [0, 0.1) is 7.43 Å². The minimum absolute atomic E-state index is 0. The van der Waals surface area contributed by atoms with Gasteiger partial charge in [0.1, 0.15) is 0 Å². The van der Waals surface area contributed by atoms with E-state index in [1.807, 2.05) is 102 Å². The van der Waals surface area contributed by atoms with Crippen LogP contribution in [0.4, 0.5) is 0 Å². The van der Waals surface area contributed by atoms with Crippen LogP contribution in [0.2, 0.25) is 0 Å². The Morgan fingerprint density at radius 2 is 1.30 bits per heavy atom. The molecule has 0 aliphatic carbocycles. The third-order valence-electron chi connectivity index (χ3n) is 5.05. The van der Waals surface area contributed by atoms with Crippen LogP contribution in [0.3, 0.4) is 0 Å². The van der Waals surface area contributed by atoms with E-state index >= 15 is 0 Å². The summed E-state index contributed by atoms with van der Waals surface area (Å²) in [4.78, 5) is 0. The van der Waals surface area contributed by atoms with Gasteiger partial charge < -0.3 is 17.9 Å². The third kappa shape index (κ3) is 8.62. The van der Waals surface area contributed by atoms with Crippen LogP contribution in [-0.4, -0.2) is 8.42 Å². The SMILES string of the molecule is CC(C)(C)c1ccccc1CS(=O)(=O)[N-]C(c1ccccc1)C([NH-])c1ccccc1.[CH3-].[Cl][Ru+3]. The maximum atomic E-state index is 13.1. The van der Waals surface area contributed by atoms with Crippen molar-refractivity contribution in [2.75, 3.05) is 0 Å². The summed E-state index contributed by atoms with van der Waals surface area (Å²) < 4.78 is 30.6. The van der Waals surface area contributed by atoms with E-state index < -0.39 is 22.1 Å². The Morgan fingerprint density at radius 1 is 0.848 bits per heavy atom. The number of hydrogen-bond donors (Lipinski definition) is 0. The fraction of sp³-hybridized carbons (Fsp3) is 0.269. The number of nitrogens with one attached hydrogen (secondary N) is 1. The van der Waals surface area contributed by atoms with E-state index in [-0.39, 0.29) is 18.6 Å². The molecule has 3 aromatic rings. The van der Waals surface area contributed by atoms with E-state index in [0.717, 1.165) is 16.7 Å². The second-order valence-electron chi connectivity index (χ2n) is 8.48. The molecule has 3 aromatic carbocycles. The first kappa shape index (κ1) is 29.5. The number of benzene rings is 3. The Kier molecular flexibility index (Phi) is 11.9. The van der Waals surface area contributed by atoms with Gasteiger partial charge in [0, 0.05) is 0 Å².